The minimum atomic E-state index is -0.306. The highest BCUT2D eigenvalue weighted by Crippen LogP contribution is 2.26. The lowest BCUT2D eigenvalue weighted by Gasteiger charge is -2.30. The predicted molar refractivity (Wildman–Crippen MR) is 105 cm³/mol. The van der Waals surface area contributed by atoms with Crippen LogP contribution in [-0.4, -0.2) is 35.8 Å². The van der Waals surface area contributed by atoms with Gasteiger partial charge in [-0.15, -0.1) is 11.3 Å². The van der Waals surface area contributed by atoms with Gasteiger partial charge in [0.1, 0.15) is 6.04 Å². The van der Waals surface area contributed by atoms with E-state index in [0.717, 1.165) is 37.3 Å². The van der Waals surface area contributed by atoms with Crippen molar-refractivity contribution >= 4 is 34.5 Å². The predicted octanol–water partition coefficient (Wildman–Crippen LogP) is 3.26. The topological polar surface area (TPSA) is 52.7 Å². The second-order valence-corrected chi connectivity index (χ2v) is 7.94. The number of fused-ring (bicyclic) bond motifs is 1. The van der Waals surface area contributed by atoms with Crippen molar-refractivity contribution in [3.05, 3.63) is 46.2 Å². The summed E-state index contributed by atoms with van der Waals surface area (Å²) in [7, 11) is 0. The summed E-state index contributed by atoms with van der Waals surface area (Å²) in [6, 6.07) is 9.59. The van der Waals surface area contributed by atoms with Crippen LogP contribution in [-0.2, 0) is 22.6 Å². The molecule has 1 fully saturated rings. The van der Waals surface area contributed by atoms with Gasteiger partial charge in [-0.3, -0.25) is 9.59 Å². The first-order chi connectivity index (χ1) is 12.6. The third-order valence-corrected chi connectivity index (χ3v) is 6.13. The van der Waals surface area contributed by atoms with Gasteiger partial charge in [0.15, 0.2) is 0 Å². The summed E-state index contributed by atoms with van der Waals surface area (Å²) < 4.78 is 0. The van der Waals surface area contributed by atoms with Crippen LogP contribution in [0, 0.1) is 0 Å². The Hall–Kier alpha value is -2.34. The molecule has 1 aromatic carbocycles. The number of benzene rings is 1. The molecule has 26 heavy (non-hydrogen) atoms. The van der Waals surface area contributed by atoms with Gasteiger partial charge in [-0.2, -0.15) is 0 Å². The molecule has 2 aliphatic heterocycles. The van der Waals surface area contributed by atoms with Crippen molar-refractivity contribution in [1.29, 1.82) is 0 Å². The number of anilines is 2. The number of amides is 2. The largest absolute Gasteiger partial charge is 0.374 e. The quantitative estimate of drug-likeness (QED) is 0.900. The number of thiophene rings is 1. The monoisotopic (exact) mass is 369 g/mol. The molecule has 2 aliphatic rings. The van der Waals surface area contributed by atoms with Gasteiger partial charge in [0.25, 0.3) is 0 Å². The van der Waals surface area contributed by atoms with E-state index in [1.807, 2.05) is 41.0 Å². The smallest absolute Gasteiger partial charge is 0.245 e. The van der Waals surface area contributed by atoms with Crippen LogP contribution >= 0.6 is 11.3 Å². The highest BCUT2D eigenvalue weighted by atomic mass is 32.1. The highest BCUT2D eigenvalue weighted by molar-refractivity contribution is 7.10. The maximum absolute atomic E-state index is 12.8. The van der Waals surface area contributed by atoms with Crippen molar-refractivity contribution in [2.45, 2.75) is 38.8 Å². The Kier molecular flexibility index (Phi) is 4.68. The Morgan fingerprint density at radius 2 is 2.12 bits per heavy atom. The number of nitrogens with zero attached hydrogens (tertiary/aromatic N) is 2. The Morgan fingerprint density at radius 1 is 1.23 bits per heavy atom. The maximum atomic E-state index is 12.8. The van der Waals surface area contributed by atoms with Crippen LogP contribution < -0.4 is 10.2 Å². The van der Waals surface area contributed by atoms with Crippen LogP contribution in [0.1, 0.15) is 30.2 Å². The molecule has 0 bridgehead atoms. The van der Waals surface area contributed by atoms with E-state index in [1.165, 1.54) is 10.4 Å². The van der Waals surface area contributed by atoms with Crippen molar-refractivity contribution in [1.82, 2.24) is 4.90 Å². The van der Waals surface area contributed by atoms with E-state index < -0.39 is 0 Å². The molecule has 1 saturated heterocycles. The molecule has 3 heterocycles. The zero-order valence-electron chi connectivity index (χ0n) is 14.9. The van der Waals surface area contributed by atoms with E-state index in [0.29, 0.717) is 13.0 Å². The lowest BCUT2D eigenvalue weighted by atomic mass is 10.1. The number of carbonyl (C=O) groups is 2. The second kappa shape index (κ2) is 7.11. The van der Waals surface area contributed by atoms with Crippen molar-refractivity contribution in [3.8, 4) is 0 Å². The van der Waals surface area contributed by atoms with Gasteiger partial charge in [-0.05, 0) is 55.0 Å². The maximum Gasteiger partial charge on any atom is 0.245 e. The Labute approximate surface area is 157 Å². The molecule has 0 spiro atoms. The lowest BCUT2D eigenvalue weighted by Crippen LogP contribution is -2.43. The van der Waals surface area contributed by atoms with E-state index in [9.17, 15) is 9.59 Å². The van der Waals surface area contributed by atoms with Gasteiger partial charge in [0.2, 0.25) is 11.8 Å². The van der Waals surface area contributed by atoms with Crippen LogP contribution in [0.4, 0.5) is 11.4 Å². The number of hydrogen-bond acceptors (Lipinski definition) is 4. The highest BCUT2D eigenvalue weighted by Gasteiger charge is 2.26. The average Bonchev–Trinajstić information content (AvgIpc) is 3.29. The minimum absolute atomic E-state index is 0.115. The van der Waals surface area contributed by atoms with Crippen LogP contribution in [0.3, 0.4) is 0 Å². The Bertz CT molecular complexity index is 832. The van der Waals surface area contributed by atoms with Crippen LogP contribution in [0.5, 0.6) is 0 Å². The molecule has 1 atom stereocenters. The molecular formula is C20H23N3O2S. The molecular weight excluding hydrogens is 346 g/mol. The standard InChI is InChI=1S/C20H23N3O2S/c1-14(20(25)22-10-7-18-15(13-22)8-11-26-18)21-16-4-2-5-17(12-16)23-9-3-6-19(23)24/h2,4-5,8,11-12,14,21H,3,6-7,9-10,13H2,1H3. The number of nitrogens with one attached hydrogen (secondary N) is 1. The third kappa shape index (κ3) is 3.33. The van der Waals surface area contributed by atoms with Crippen molar-refractivity contribution in [3.63, 3.8) is 0 Å². The zero-order valence-corrected chi connectivity index (χ0v) is 15.7. The molecule has 1 aromatic heterocycles. The molecule has 4 rings (SSSR count). The fraction of sp³-hybridized carbons (Fsp3) is 0.400. The normalized spacial score (nSPS) is 18.0. The number of rotatable bonds is 4. The summed E-state index contributed by atoms with van der Waals surface area (Å²) in [5.74, 6) is 0.288. The van der Waals surface area contributed by atoms with Gasteiger partial charge < -0.3 is 15.1 Å². The summed E-state index contributed by atoms with van der Waals surface area (Å²) >= 11 is 1.78. The minimum Gasteiger partial charge on any atom is -0.374 e. The van der Waals surface area contributed by atoms with E-state index in [4.69, 9.17) is 0 Å². The molecule has 6 heteroatoms. The summed E-state index contributed by atoms with van der Waals surface area (Å²) in [5.41, 5.74) is 3.05. The molecule has 0 radical (unpaired) electrons. The van der Waals surface area contributed by atoms with Gasteiger partial charge in [-0.1, -0.05) is 6.07 Å². The lowest BCUT2D eigenvalue weighted by molar-refractivity contribution is -0.132. The Balaban J connectivity index is 1.42. The molecule has 0 saturated carbocycles. The summed E-state index contributed by atoms with van der Waals surface area (Å²) in [6.07, 6.45) is 2.47. The molecule has 1 unspecified atom stereocenters. The summed E-state index contributed by atoms with van der Waals surface area (Å²) in [5, 5.41) is 5.41. The van der Waals surface area contributed by atoms with Crippen molar-refractivity contribution in [2.75, 3.05) is 23.3 Å². The average molecular weight is 369 g/mol. The van der Waals surface area contributed by atoms with Gasteiger partial charge in [0.05, 0.1) is 0 Å². The van der Waals surface area contributed by atoms with Crippen LogP contribution in [0.25, 0.3) is 0 Å². The van der Waals surface area contributed by atoms with Gasteiger partial charge in [-0.25, -0.2) is 0 Å². The first kappa shape index (κ1) is 17.1. The second-order valence-electron chi connectivity index (χ2n) is 6.94. The Morgan fingerprint density at radius 3 is 2.92 bits per heavy atom. The molecule has 136 valence electrons. The zero-order chi connectivity index (χ0) is 18.1. The molecule has 5 nitrogen and oxygen atoms in total. The molecule has 2 amide bonds. The van der Waals surface area contributed by atoms with E-state index >= 15 is 0 Å². The first-order valence-electron chi connectivity index (χ1n) is 9.13. The third-order valence-electron chi connectivity index (χ3n) is 5.10. The van der Waals surface area contributed by atoms with Gasteiger partial charge >= 0.3 is 0 Å². The summed E-state index contributed by atoms with van der Waals surface area (Å²) in [4.78, 5) is 29.9. The molecule has 0 aliphatic carbocycles. The van der Waals surface area contributed by atoms with Crippen LogP contribution in [0.15, 0.2) is 35.7 Å². The summed E-state index contributed by atoms with van der Waals surface area (Å²) in [6.45, 7) is 4.15. The fourth-order valence-electron chi connectivity index (χ4n) is 3.71. The van der Waals surface area contributed by atoms with Gasteiger partial charge in [0, 0.05) is 42.3 Å². The number of carbonyl (C=O) groups excluding carboxylic acids is 2. The van der Waals surface area contributed by atoms with Crippen molar-refractivity contribution in [2.24, 2.45) is 0 Å². The van der Waals surface area contributed by atoms with E-state index in [-0.39, 0.29) is 17.9 Å². The van der Waals surface area contributed by atoms with E-state index in [1.54, 1.807) is 11.3 Å². The van der Waals surface area contributed by atoms with Crippen LogP contribution in [0.2, 0.25) is 0 Å². The van der Waals surface area contributed by atoms with E-state index in [2.05, 4.69) is 16.8 Å². The molecule has 2 aromatic rings. The first-order valence-corrected chi connectivity index (χ1v) is 10.0. The van der Waals surface area contributed by atoms with Crippen molar-refractivity contribution < 1.29 is 9.59 Å². The molecule has 1 N–H and O–H groups in total. The number of hydrogen-bond donors (Lipinski definition) is 1. The fourth-order valence-corrected chi connectivity index (χ4v) is 4.60. The SMILES string of the molecule is CC(Nc1cccc(N2CCCC2=O)c1)C(=O)N1CCc2sccc2C1.